The highest BCUT2D eigenvalue weighted by atomic mass is 79.9. The van der Waals surface area contributed by atoms with Crippen molar-refractivity contribution in [2.45, 2.75) is 6.92 Å². The summed E-state index contributed by atoms with van der Waals surface area (Å²) in [6, 6.07) is 11.2. The van der Waals surface area contributed by atoms with Crippen molar-refractivity contribution in [2.75, 3.05) is 26.9 Å². The predicted molar refractivity (Wildman–Crippen MR) is 98.9 cm³/mol. The summed E-state index contributed by atoms with van der Waals surface area (Å²) >= 11 is 3.31. The van der Waals surface area contributed by atoms with E-state index in [9.17, 15) is 9.59 Å². The molecule has 0 atom stereocenters. The van der Waals surface area contributed by atoms with Crippen molar-refractivity contribution < 1.29 is 28.5 Å². The number of halogens is 1. The Hall–Kier alpha value is -2.38. The fraction of sp³-hybridized carbons (Fsp3) is 0.263. The first-order valence-corrected chi connectivity index (χ1v) is 8.75. The van der Waals surface area contributed by atoms with Crippen LogP contribution in [0.2, 0.25) is 0 Å². The number of hydrogen-bond donors (Lipinski definition) is 0. The van der Waals surface area contributed by atoms with Crippen LogP contribution in [0.4, 0.5) is 0 Å². The predicted octanol–water partition coefficient (Wildman–Crippen LogP) is 3.87. The first-order chi connectivity index (χ1) is 12.5. The Labute approximate surface area is 160 Å². The second-order valence-electron chi connectivity index (χ2n) is 5.09. The van der Waals surface area contributed by atoms with E-state index >= 15 is 0 Å². The summed E-state index contributed by atoms with van der Waals surface area (Å²) in [6.07, 6.45) is 0. The number of carbonyl (C=O) groups excluding carboxylic acids is 2. The van der Waals surface area contributed by atoms with E-state index in [-0.39, 0.29) is 6.61 Å². The van der Waals surface area contributed by atoms with E-state index in [0.29, 0.717) is 35.8 Å². The lowest BCUT2D eigenvalue weighted by Crippen LogP contribution is -2.12. The SMILES string of the molecule is CCOCCOC(=O)c1ccc(OC(=O)c2cc(Br)ccc2OC)cc1. The van der Waals surface area contributed by atoms with Gasteiger partial charge in [0.2, 0.25) is 0 Å². The van der Waals surface area contributed by atoms with E-state index in [1.54, 1.807) is 18.2 Å². The fourth-order valence-electron chi connectivity index (χ4n) is 2.08. The standard InChI is InChI=1S/C19H19BrO6/c1-3-24-10-11-25-18(21)13-4-7-15(8-5-13)26-19(22)16-12-14(20)6-9-17(16)23-2/h4-9,12H,3,10-11H2,1-2H3. The van der Waals surface area contributed by atoms with Crippen molar-refractivity contribution in [1.29, 1.82) is 0 Å². The number of rotatable bonds is 8. The zero-order valence-corrected chi connectivity index (χ0v) is 16.1. The number of benzene rings is 2. The van der Waals surface area contributed by atoms with Gasteiger partial charge in [0.15, 0.2) is 0 Å². The number of hydrogen-bond acceptors (Lipinski definition) is 6. The molecule has 0 aliphatic carbocycles. The molecule has 2 aromatic carbocycles. The van der Waals surface area contributed by atoms with Gasteiger partial charge in [-0.3, -0.25) is 0 Å². The molecule has 2 aromatic rings. The Morgan fingerprint density at radius 1 is 1.00 bits per heavy atom. The summed E-state index contributed by atoms with van der Waals surface area (Å²) in [5.41, 5.74) is 0.655. The zero-order chi connectivity index (χ0) is 18.9. The van der Waals surface area contributed by atoms with Gasteiger partial charge in [-0.2, -0.15) is 0 Å². The molecule has 2 rings (SSSR count). The monoisotopic (exact) mass is 422 g/mol. The Morgan fingerprint density at radius 2 is 1.73 bits per heavy atom. The number of ether oxygens (including phenoxy) is 4. The van der Waals surface area contributed by atoms with Gasteiger partial charge < -0.3 is 18.9 Å². The van der Waals surface area contributed by atoms with Crippen molar-refractivity contribution in [3.63, 3.8) is 0 Å². The van der Waals surface area contributed by atoms with Crippen LogP contribution in [0.5, 0.6) is 11.5 Å². The maximum atomic E-state index is 12.3. The molecule has 0 N–H and O–H groups in total. The van der Waals surface area contributed by atoms with Crippen molar-refractivity contribution in [3.8, 4) is 11.5 Å². The molecule has 6 nitrogen and oxygen atoms in total. The third kappa shape index (κ3) is 5.57. The number of methoxy groups -OCH3 is 1. The molecule has 138 valence electrons. The van der Waals surface area contributed by atoms with Gasteiger partial charge >= 0.3 is 11.9 Å². The molecule has 0 aromatic heterocycles. The molecule has 0 saturated carbocycles. The molecule has 0 aliphatic rings. The molecule has 0 aliphatic heterocycles. The van der Waals surface area contributed by atoms with Crippen LogP contribution in [0.1, 0.15) is 27.6 Å². The molecule has 26 heavy (non-hydrogen) atoms. The van der Waals surface area contributed by atoms with Gasteiger partial charge in [-0.15, -0.1) is 0 Å². The van der Waals surface area contributed by atoms with E-state index < -0.39 is 11.9 Å². The van der Waals surface area contributed by atoms with E-state index in [1.165, 1.54) is 31.4 Å². The molecule has 0 fully saturated rings. The molecule has 0 bridgehead atoms. The van der Waals surface area contributed by atoms with Crippen LogP contribution in [0.3, 0.4) is 0 Å². The van der Waals surface area contributed by atoms with Crippen LogP contribution in [-0.2, 0) is 9.47 Å². The quantitative estimate of drug-likeness (QED) is 0.365. The molecular weight excluding hydrogens is 404 g/mol. The molecule has 0 heterocycles. The normalized spacial score (nSPS) is 10.3. The summed E-state index contributed by atoms with van der Waals surface area (Å²) in [4.78, 5) is 24.2. The average Bonchev–Trinajstić information content (AvgIpc) is 2.65. The van der Waals surface area contributed by atoms with Gasteiger partial charge in [0.25, 0.3) is 0 Å². The number of carbonyl (C=O) groups is 2. The van der Waals surface area contributed by atoms with Gasteiger partial charge in [0.05, 0.1) is 19.3 Å². The number of esters is 2. The Bertz CT molecular complexity index is 757. The lowest BCUT2D eigenvalue weighted by Gasteiger charge is -2.09. The molecule has 0 unspecified atom stereocenters. The van der Waals surface area contributed by atoms with Crippen LogP contribution in [0.15, 0.2) is 46.9 Å². The van der Waals surface area contributed by atoms with Crippen LogP contribution in [0, 0.1) is 0 Å². The molecular formula is C19H19BrO6. The second kappa shape index (κ2) is 9.94. The van der Waals surface area contributed by atoms with Gasteiger partial charge in [-0.05, 0) is 49.4 Å². The van der Waals surface area contributed by atoms with Gasteiger partial charge in [0, 0.05) is 11.1 Å². The van der Waals surface area contributed by atoms with Gasteiger partial charge in [-0.1, -0.05) is 15.9 Å². The summed E-state index contributed by atoms with van der Waals surface area (Å²) in [5, 5.41) is 0. The van der Waals surface area contributed by atoms with E-state index in [0.717, 1.165) is 4.47 Å². The summed E-state index contributed by atoms with van der Waals surface area (Å²) in [7, 11) is 1.48. The summed E-state index contributed by atoms with van der Waals surface area (Å²) < 4.78 is 21.4. The van der Waals surface area contributed by atoms with Gasteiger partial charge in [-0.25, -0.2) is 9.59 Å². The first-order valence-electron chi connectivity index (χ1n) is 7.95. The maximum absolute atomic E-state index is 12.3. The topological polar surface area (TPSA) is 71.1 Å². The third-order valence-corrected chi connectivity index (χ3v) is 3.84. The molecule has 0 saturated heterocycles. The molecule has 0 spiro atoms. The molecule has 7 heteroatoms. The Balaban J connectivity index is 1.99. The minimum Gasteiger partial charge on any atom is -0.496 e. The van der Waals surface area contributed by atoms with Crippen molar-refractivity contribution in [1.82, 2.24) is 0 Å². The van der Waals surface area contributed by atoms with Crippen molar-refractivity contribution in [2.24, 2.45) is 0 Å². The lowest BCUT2D eigenvalue weighted by molar-refractivity contribution is 0.0335. The van der Waals surface area contributed by atoms with E-state index in [2.05, 4.69) is 15.9 Å². The zero-order valence-electron chi connectivity index (χ0n) is 14.5. The smallest absolute Gasteiger partial charge is 0.347 e. The largest absolute Gasteiger partial charge is 0.496 e. The Kier molecular flexibility index (Phi) is 7.62. The summed E-state index contributed by atoms with van der Waals surface area (Å²) in [6.45, 7) is 2.98. The second-order valence-corrected chi connectivity index (χ2v) is 6.01. The highest BCUT2D eigenvalue weighted by Gasteiger charge is 2.16. The Morgan fingerprint density at radius 3 is 2.38 bits per heavy atom. The third-order valence-electron chi connectivity index (χ3n) is 3.35. The molecule has 0 amide bonds. The summed E-state index contributed by atoms with van der Waals surface area (Å²) in [5.74, 6) is -0.304. The molecule has 0 radical (unpaired) electrons. The highest BCUT2D eigenvalue weighted by molar-refractivity contribution is 9.10. The van der Waals surface area contributed by atoms with Gasteiger partial charge in [0.1, 0.15) is 23.7 Å². The maximum Gasteiger partial charge on any atom is 0.347 e. The van der Waals surface area contributed by atoms with Crippen molar-refractivity contribution in [3.05, 3.63) is 58.1 Å². The average molecular weight is 423 g/mol. The van der Waals surface area contributed by atoms with Crippen LogP contribution in [-0.4, -0.2) is 38.9 Å². The van der Waals surface area contributed by atoms with Crippen LogP contribution in [0.25, 0.3) is 0 Å². The van der Waals surface area contributed by atoms with Crippen LogP contribution >= 0.6 is 15.9 Å². The highest BCUT2D eigenvalue weighted by Crippen LogP contribution is 2.25. The first kappa shape index (κ1) is 19.9. The minimum absolute atomic E-state index is 0.187. The fourth-order valence-corrected chi connectivity index (χ4v) is 2.44. The van der Waals surface area contributed by atoms with Crippen molar-refractivity contribution >= 4 is 27.9 Å². The van der Waals surface area contributed by atoms with E-state index in [1.807, 2.05) is 6.92 Å². The lowest BCUT2D eigenvalue weighted by atomic mass is 10.2. The van der Waals surface area contributed by atoms with Crippen LogP contribution < -0.4 is 9.47 Å². The minimum atomic E-state index is -0.560. The van der Waals surface area contributed by atoms with E-state index in [4.69, 9.17) is 18.9 Å².